The smallest absolute Gasteiger partial charge is 0.329 e. The Kier molecular flexibility index (Phi) is 6.99. The van der Waals surface area contributed by atoms with Gasteiger partial charge in [-0.25, -0.2) is 4.79 Å². The van der Waals surface area contributed by atoms with Crippen LogP contribution in [0.4, 0.5) is 0 Å². The highest BCUT2D eigenvalue weighted by Gasteiger charge is 2.42. The molecule has 0 aromatic heterocycles. The summed E-state index contributed by atoms with van der Waals surface area (Å²) in [4.78, 5) is 27.2. The number of thioether (sulfide) groups is 1. The molecule has 2 atom stereocenters. The number of esters is 1. The number of carbonyl (C=O) groups is 2. The molecular formula is C18H24ClNO3S. The fourth-order valence-electron chi connectivity index (χ4n) is 2.61. The van der Waals surface area contributed by atoms with Gasteiger partial charge in [0.05, 0.1) is 22.6 Å². The maximum absolute atomic E-state index is 13.0. The summed E-state index contributed by atoms with van der Waals surface area (Å²) in [5, 5.41) is 0.388. The highest BCUT2D eigenvalue weighted by atomic mass is 35.5. The van der Waals surface area contributed by atoms with Gasteiger partial charge >= 0.3 is 5.97 Å². The lowest BCUT2D eigenvalue weighted by molar-refractivity contribution is -0.149. The van der Waals surface area contributed by atoms with Crippen molar-refractivity contribution in [2.24, 2.45) is 5.92 Å². The zero-order valence-corrected chi connectivity index (χ0v) is 15.9. The van der Waals surface area contributed by atoms with Crippen molar-refractivity contribution < 1.29 is 14.3 Å². The van der Waals surface area contributed by atoms with E-state index in [9.17, 15) is 9.59 Å². The molecule has 2 rings (SSSR count). The van der Waals surface area contributed by atoms with E-state index < -0.39 is 6.04 Å². The van der Waals surface area contributed by atoms with E-state index in [0.29, 0.717) is 22.9 Å². The predicted octanol–water partition coefficient (Wildman–Crippen LogP) is 4.22. The SMILES string of the molecule is CCC[C@@H]1SC[C@@H](C(=O)OCC(C)C)N1C(=O)c1ccccc1Cl. The molecule has 1 aliphatic rings. The van der Waals surface area contributed by atoms with Crippen molar-refractivity contribution in [1.82, 2.24) is 4.90 Å². The topological polar surface area (TPSA) is 46.6 Å². The highest BCUT2D eigenvalue weighted by molar-refractivity contribution is 8.00. The molecule has 1 saturated heterocycles. The van der Waals surface area contributed by atoms with E-state index in [1.807, 2.05) is 13.8 Å². The number of hydrogen-bond acceptors (Lipinski definition) is 4. The van der Waals surface area contributed by atoms with Crippen LogP contribution in [0.25, 0.3) is 0 Å². The fourth-order valence-corrected chi connectivity index (χ4v) is 4.33. The number of nitrogens with zero attached hydrogens (tertiary/aromatic N) is 1. The van der Waals surface area contributed by atoms with E-state index in [0.717, 1.165) is 12.8 Å². The van der Waals surface area contributed by atoms with Crippen molar-refractivity contribution in [3.05, 3.63) is 34.9 Å². The second-order valence-electron chi connectivity index (χ2n) is 6.31. The molecule has 0 N–H and O–H groups in total. The van der Waals surface area contributed by atoms with Gasteiger partial charge < -0.3 is 9.64 Å². The first kappa shape index (κ1) is 19.1. The minimum atomic E-state index is -0.547. The molecule has 4 nitrogen and oxygen atoms in total. The van der Waals surface area contributed by atoms with Crippen LogP contribution in [-0.2, 0) is 9.53 Å². The van der Waals surface area contributed by atoms with Gasteiger partial charge in [0.1, 0.15) is 6.04 Å². The average molecular weight is 370 g/mol. The van der Waals surface area contributed by atoms with E-state index in [1.54, 1.807) is 40.9 Å². The maximum Gasteiger partial charge on any atom is 0.329 e. The van der Waals surface area contributed by atoms with Crippen LogP contribution in [0.2, 0.25) is 5.02 Å². The van der Waals surface area contributed by atoms with Gasteiger partial charge in [-0.2, -0.15) is 0 Å². The number of benzene rings is 1. The second kappa shape index (κ2) is 8.77. The Bertz CT molecular complexity index is 593. The predicted molar refractivity (Wildman–Crippen MR) is 98.4 cm³/mol. The molecule has 24 heavy (non-hydrogen) atoms. The van der Waals surface area contributed by atoms with Crippen LogP contribution in [0.3, 0.4) is 0 Å². The number of hydrogen-bond donors (Lipinski definition) is 0. The summed E-state index contributed by atoms with van der Waals surface area (Å²) >= 11 is 7.82. The molecule has 1 aromatic rings. The van der Waals surface area contributed by atoms with Crippen LogP contribution in [0.5, 0.6) is 0 Å². The van der Waals surface area contributed by atoms with Crippen molar-refractivity contribution in [2.45, 2.75) is 45.0 Å². The summed E-state index contributed by atoms with van der Waals surface area (Å²) in [5.41, 5.74) is 0.435. The summed E-state index contributed by atoms with van der Waals surface area (Å²) < 4.78 is 5.38. The molecule has 0 aliphatic carbocycles. The van der Waals surface area contributed by atoms with Crippen LogP contribution in [0.1, 0.15) is 44.0 Å². The molecule has 1 aliphatic heterocycles. The summed E-state index contributed by atoms with van der Waals surface area (Å²) in [6, 6.07) is 6.42. The Hall–Kier alpha value is -1.20. The molecule has 0 radical (unpaired) electrons. The van der Waals surface area contributed by atoms with Crippen LogP contribution >= 0.6 is 23.4 Å². The van der Waals surface area contributed by atoms with Crippen LogP contribution < -0.4 is 0 Å². The summed E-state index contributed by atoms with van der Waals surface area (Å²) in [6.45, 7) is 6.42. The Morgan fingerprint density at radius 3 is 2.71 bits per heavy atom. The van der Waals surface area contributed by atoms with Gasteiger partial charge in [-0.1, -0.05) is 50.9 Å². The lowest BCUT2D eigenvalue weighted by Gasteiger charge is -2.28. The largest absolute Gasteiger partial charge is 0.464 e. The van der Waals surface area contributed by atoms with Gasteiger partial charge in [0, 0.05) is 5.75 Å². The van der Waals surface area contributed by atoms with Crippen molar-refractivity contribution in [1.29, 1.82) is 0 Å². The molecule has 1 aromatic carbocycles. The van der Waals surface area contributed by atoms with Gasteiger partial charge in [-0.15, -0.1) is 11.8 Å². The lowest BCUT2D eigenvalue weighted by atomic mass is 10.1. The molecule has 1 fully saturated rings. The first-order valence-electron chi connectivity index (χ1n) is 8.31. The van der Waals surface area contributed by atoms with E-state index >= 15 is 0 Å². The molecule has 132 valence electrons. The van der Waals surface area contributed by atoms with Gasteiger partial charge in [0.25, 0.3) is 5.91 Å². The number of halogens is 1. The van der Waals surface area contributed by atoms with Crippen molar-refractivity contribution in [2.75, 3.05) is 12.4 Å². The van der Waals surface area contributed by atoms with Gasteiger partial charge in [-0.3, -0.25) is 4.79 Å². The first-order chi connectivity index (χ1) is 11.5. The van der Waals surface area contributed by atoms with Gasteiger partial charge in [0.2, 0.25) is 0 Å². The Morgan fingerprint density at radius 1 is 1.38 bits per heavy atom. The number of ether oxygens (including phenoxy) is 1. The van der Waals surface area contributed by atoms with Crippen molar-refractivity contribution >= 4 is 35.2 Å². The molecule has 0 spiro atoms. The lowest BCUT2D eigenvalue weighted by Crippen LogP contribution is -2.46. The normalized spacial score (nSPS) is 20.5. The Labute approximate surface area is 152 Å². The quantitative estimate of drug-likeness (QED) is 0.704. The Morgan fingerprint density at radius 2 is 2.08 bits per heavy atom. The van der Waals surface area contributed by atoms with Crippen LogP contribution in [0.15, 0.2) is 24.3 Å². The summed E-state index contributed by atoms with van der Waals surface area (Å²) in [6.07, 6.45) is 1.78. The van der Waals surface area contributed by atoms with Crippen molar-refractivity contribution in [3.63, 3.8) is 0 Å². The standard InChI is InChI=1S/C18H24ClNO3S/c1-4-7-16-20(17(21)13-8-5-6-9-14(13)19)15(11-24-16)18(22)23-10-12(2)3/h5-6,8-9,12,15-16H,4,7,10-11H2,1-3H3/t15-,16-/m0/s1. The van der Waals surface area contributed by atoms with E-state index in [2.05, 4.69) is 6.92 Å². The highest BCUT2D eigenvalue weighted by Crippen LogP contribution is 2.35. The zero-order chi connectivity index (χ0) is 17.7. The first-order valence-corrected chi connectivity index (χ1v) is 9.73. The Balaban J connectivity index is 2.23. The van der Waals surface area contributed by atoms with E-state index in [-0.39, 0.29) is 23.2 Å². The van der Waals surface area contributed by atoms with Crippen LogP contribution in [-0.4, -0.2) is 40.6 Å². The third-order valence-corrected chi connectivity index (χ3v) is 5.48. The van der Waals surface area contributed by atoms with Crippen LogP contribution in [0, 0.1) is 5.92 Å². The number of rotatable bonds is 6. The van der Waals surface area contributed by atoms with E-state index in [1.165, 1.54) is 0 Å². The molecular weight excluding hydrogens is 346 g/mol. The molecule has 0 saturated carbocycles. The summed E-state index contributed by atoms with van der Waals surface area (Å²) in [5.74, 6) is 0.311. The molecule has 0 bridgehead atoms. The van der Waals surface area contributed by atoms with Gasteiger partial charge in [0.15, 0.2) is 0 Å². The second-order valence-corrected chi connectivity index (χ2v) is 7.93. The van der Waals surface area contributed by atoms with Crippen molar-refractivity contribution in [3.8, 4) is 0 Å². The molecule has 1 heterocycles. The minimum absolute atomic E-state index is 0.0182. The minimum Gasteiger partial charge on any atom is -0.464 e. The summed E-state index contributed by atoms with van der Waals surface area (Å²) in [7, 11) is 0. The number of amides is 1. The molecule has 0 unspecified atom stereocenters. The zero-order valence-electron chi connectivity index (χ0n) is 14.3. The maximum atomic E-state index is 13.0. The third-order valence-electron chi connectivity index (χ3n) is 3.80. The monoisotopic (exact) mass is 369 g/mol. The van der Waals surface area contributed by atoms with E-state index in [4.69, 9.17) is 16.3 Å². The van der Waals surface area contributed by atoms with Gasteiger partial charge in [-0.05, 0) is 24.5 Å². The third kappa shape index (κ3) is 4.45. The number of carbonyl (C=O) groups excluding carboxylic acids is 2. The molecule has 6 heteroatoms. The fraction of sp³-hybridized carbons (Fsp3) is 0.556. The molecule has 1 amide bonds. The average Bonchev–Trinajstić information content (AvgIpc) is 2.96.